The summed E-state index contributed by atoms with van der Waals surface area (Å²) in [5.41, 5.74) is -1.04. The molecule has 0 aliphatic rings. The van der Waals surface area contributed by atoms with Crippen LogP contribution in [-0.2, 0) is 19.0 Å². The van der Waals surface area contributed by atoms with E-state index < -0.39 is 29.5 Å². The van der Waals surface area contributed by atoms with Crippen LogP contribution >= 0.6 is 0 Å². The molecule has 0 rings (SSSR count). The summed E-state index contributed by atoms with van der Waals surface area (Å²) in [6, 6.07) is 0. The quantitative estimate of drug-likeness (QED) is 0.327. The lowest BCUT2D eigenvalue weighted by Gasteiger charge is -2.45. The predicted molar refractivity (Wildman–Crippen MR) is 107 cm³/mol. The van der Waals surface area contributed by atoms with E-state index in [4.69, 9.17) is 14.2 Å². The monoisotopic (exact) mass is 385 g/mol. The molecule has 0 radical (unpaired) electrons. The fraction of sp³-hybridized carbons (Fsp3) is 0.810. The largest absolute Gasteiger partial charge is 0.441 e. The Morgan fingerprint density at radius 3 is 2.04 bits per heavy atom. The average molecular weight is 386 g/mol. The molecule has 1 amide bonds. The minimum Gasteiger partial charge on any atom is -0.441 e. The van der Waals surface area contributed by atoms with Crippen molar-refractivity contribution in [3.8, 4) is 0 Å². The number of carbonyl (C=O) groups is 2. The highest BCUT2D eigenvalue weighted by molar-refractivity contribution is 5.87. The second kappa shape index (κ2) is 9.58. The van der Waals surface area contributed by atoms with E-state index in [9.17, 15) is 9.59 Å². The Morgan fingerprint density at radius 1 is 1.07 bits per heavy atom. The first kappa shape index (κ1) is 25.4. The minimum absolute atomic E-state index is 0.0282. The van der Waals surface area contributed by atoms with Crippen molar-refractivity contribution >= 4 is 12.1 Å². The fourth-order valence-electron chi connectivity index (χ4n) is 2.48. The van der Waals surface area contributed by atoms with E-state index in [1.807, 2.05) is 6.92 Å². The van der Waals surface area contributed by atoms with Gasteiger partial charge in [-0.3, -0.25) is 5.32 Å². The van der Waals surface area contributed by atoms with Crippen molar-refractivity contribution < 1.29 is 23.8 Å². The molecule has 1 N–H and O–H groups in total. The third-order valence-electron chi connectivity index (χ3n) is 5.26. The van der Waals surface area contributed by atoms with Crippen molar-refractivity contribution in [2.45, 2.75) is 106 Å². The predicted octanol–water partition coefficient (Wildman–Crippen LogP) is 4.97. The summed E-state index contributed by atoms with van der Waals surface area (Å²) in [6.45, 7) is 22.7. The van der Waals surface area contributed by atoms with Crippen molar-refractivity contribution in [3.63, 3.8) is 0 Å². The third kappa shape index (κ3) is 7.91. The number of esters is 1. The van der Waals surface area contributed by atoms with Gasteiger partial charge in [-0.25, -0.2) is 9.59 Å². The summed E-state index contributed by atoms with van der Waals surface area (Å²) in [4.78, 5) is 23.7. The molecule has 0 aromatic carbocycles. The van der Waals surface area contributed by atoms with Gasteiger partial charge in [-0.15, -0.1) is 0 Å². The lowest BCUT2D eigenvalue weighted by molar-refractivity contribution is -0.184. The first-order valence-electron chi connectivity index (χ1n) is 9.59. The van der Waals surface area contributed by atoms with E-state index in [0.29, 0.717) is 0 Å². The lowest BCUT2D eigenvalue weighted by atomic mass is 9.73. The molecule has 0 spiro atoms. The SMILES string of the molecule is C=C(C)C(=O)OC(C)NC(=O)OC(C)(C)C(C)OC(C)(C)C(C)(C)CCC. The molecule has 0 fully saturated rings. The van der Waals surface area contributed by atoms with Crippen molar-refractivity contribution in [2.24, 2.45) is 5.41 Å². The maximum atomic E-state index is 12.2. The molecule has 2 unspecified atom stereocenters. The summed E-state index contributed by atoms with van der Waals surface area (Å²) >= 11 is 0. The number of ether oxygens (including phenoxy) is 3. The van der Waals surface area contributed by atoms with Crippen LogP contribution in [0.2, 0.25) is 0 Å². The average Bonchev–Trinajstić information content (AvgIpc) is 2.45. The molecule has 0 heterocycles. The number of rotatable bonds is 10. The number of nitrogens with one attached hydrogen (secondary N) is 1. The number of alkyl carbamates (subject to hydrolysis) is 1. The third-order valence-corrected chi connectivity index (χ3v) is 5.26. The van der Waals surface area contributed by atoms with Gasteiger partial charge in [-0.1, -0.05) is 33.8 Å². The zero-order valence-electron chi connectivity index (χ0n) is 18.8. The van der Waals surface area contributed by atoms with E-state index in [0.717, 1.165) is 12.8 Å². The smallest absolute Gasteiger partial charge is 0.410 e. The lowest BCUT2D eigenvalue weighted by Crippen LogP contribution is -2.51. The van der Waals surface area contributed by atoms with Crippen LogP contribution in [0.25, 0.3) is 0 Å². The van der Waals surface area contributed by atoms with Gasteiger partial charge in [0.05, 0.1) is 11.7 Å². The molecule has 6 nitrogen and oxygen atoms in total. The zero-order valence-corrected chi connectivity index (χ0v) is 18.8. The highest BCUT2D eigenvalue weighted by atomic mass is 16.6. The first-order valence-corrected chi connectivity index (χ1v) is 9.59. The second-order valence-electron chi connectivity index (χ2n) is 8.87. The molecule has 0 aliphatic carbocycles. The normalized spacial score (nSPS) is 14.9. The van der Waals surface area contributed by atoms with Crippen LogP contribution in [0.4, 0.5) is 4.79 Å². The van der Waals surface area contributed by atoms with Crippen molar-refractivity contribution in [1.29, 1.82) is 0 Å². The first-order chi connectivity index (χ1) is 12.1. The van der Waals surface area contributed by atoms with Crippen LogP contribution in [0.1, 0.15) is 82.1 Å². The van der Waals surface area contributed by atoms with E-state index >= 15 is 0 Å². The van der Waals surface area contributed by atoms with Gasteiger partial charge < -0.3 is 14.2 Å². The highest BCUT2D eigenvalue weighted by Crippen LogP contribution is 2.40. The summed E-state index contributed by atoms with van der Waals surface area (Å²) in [5.74, 6) is -0.571. The molecule has 0 bridgehead atoms. The topological polar surface area (TPSA) is 73.9 Å². The van der Waals surface area contributed by atoms with Gasteiger partial charge in [0.15, 0.2) is 6.23 Å². The molecule has 158 valence electrons. The molecule has 27 heavy (non-hydrogen) atoms. The molecule has 0 saturated carbocycles. The summed E-state index contributed by atoms with van der Waals surface area (Å²) in [6.07, 6.45) is 0.247. The van der Waals surface area contributed by atoms with Crippen LogP contribution in [-0.4, -0.2) is 35.6 Å². The maximum absolute atomic E-state index is 12.2. The number of amides is 1. The van der Waals surface area contributed by atoms with Gasteiger partial charge in [-0.05, 0) is 60.3 Å². The van der Waals surface area contributed by atoms with Gasteiger partial charge in [0.1, 0.15) is 5.60 Å². The minimum atomic E-state index is -0.873. The van der Waals surface area contributed by atoms with Crippen molar-refractivity contribution in [3.05, 3.63) is 12.2 Å². The van der Waals surface area contributed by atoms with Gasteiger partial charge in [-0.2, -0.15) is 0 Å². The fourth-order valence-corrected chi connectivity index (χ4v) is 2.48. The second-order valence-corrected chi connectivity index (χ2v) is 8.87. The van der Waals surface area contributed by atoms with Crippen LogP contribution in [0.5, 0.6) is 0 Å². The van der Waals surface area contributed by atoms with Crippen molar-refractivity contribution in [1.82, 2.24) is 5.32 Å². The summed E-state index contributed by atoms with van der Waals surface area (Å²) in [7, 11) is 0. The van der Waals surface area contributed by atoms with Gasteiger partial charge in [0, 0.05) is 5.57 Å². The Bertz CT molecular complexity index is 537. The van der Waals surface area contributed by atoms with E-state index in [2.05, 4.69) is 46.5 Å². The zero-order chi connectivity index (χ0) is 21.6. The number of hydrogen-bond donors (Lipinski definition) is 1. The summed E-state index contributed by atoms with van der Waals surface area (Å²) < 4.78 is 16.9. The van der Waals surface area contributed by atoms with E-state index in [-0.39, 0.29) is 17.1 Å². The standard InChI is InChI=1S/C21H39NO5/c1-12-13-19(6,7)21(10,11)26-15(4)20(8,9)27-18(24)22-16(5)25-17(23)14(2)3/h15-16H,2,12-13H2,1,3-11H3,(H,22,24). The highest BCUT2D eigenvalue weighted by Gasteiger charge is 2.42. The van der Waals surface area contributed by atoms with Crippen molar-refractivity contribution in [2.75, 3.05) is 0 Å². The Hall–Kier alpha value is -1.56. The van der Waals surface area contributed by atoms with Crippen LogP contribution in [0, 0.1) is 5.41 Å². The Labute approximate surface area is 165 Å². The van der Waals surface area contributed by atoms with E-state index in [1.165, 1.54) is 6.92 Å². The molecule has 2 atom stereocenters. The molecule has 0 aromatic rings. The van der Waals surface area contributed by atoms with Gasteiger partial charge >= 0.3 is 12.1 Å². The molecule has 0 aliphatic heterocycles. The molecule has 6 heteroatoms. The molecular formula is C21H39NO5. The Kier molecular flexibility index (Phi) is 9.03. The van der Waals surface area contributed by atoms with E-state index in [1.54, 1.807) is 20.8 Å². The Morgan fingerprint density at radius 2 is 1.59 bits per heavy atom. The molecule has 0 aromatic heterocycles. The molecule has 0 saturated heterocycles. The summed E-state index contributed by atoms with van der Waals surface area (Å²) in [5, 5.41) is 2.49. The Balaban J connectivity index is 4.87. The van der Waals surface area contributed by atoms with Crippen LogP contribution in [0.15, 0.2) is 12.2 Å². The number of hydrogen-bond acceptors (Lipinski definition) is 5. The van der Waals surface area contributed by atoms with Gasteiger partial charge in [0.25, 0.3) is 0 Å². The molecular weight excluding hydrogens is 346 g/mol. The number of carbonyl (C=O) groups excluding carboxylic acids is 2. The maximum Gasteiger partial charge on any atom is 0.410 e. The van der Waals surface area contributed by atoms with Gasteiger partial charge in [0.2, 0.25) is 0 Å². The van der Waals surface area contributed by atoms with Crippen LogP contribution < -0.4 is 5.32 Å². The van der Waals surface area contributed by atoms with Crippen LogP contribution in [0.3, 0.4) is 0 Å².